The van der Waals surface area contributed by atoms with Gasteiger partial charge in [0.15, 0.2) is 5.69 Å². The highest BCUT2D eigenvalue weighted by Crippen LogP contribution is 2.33. The van der Waals surface area contributed by atoms with Gasteiger partial charge in [0.05, 0.1) is 13.7 Å². The number of aromatic nitrogens is 3. The van der Waals surface area contributed by atoms with Gasteiger partial charge in [-0.25, -0.2) is 4.68 Å². The zero-order valence-corrected chi connectivity index (χ0v) is 15.4. The Balaban J connectivity index is 2.05. The van der Waals surface area contributed by atoms with E-state index in [9.17, 15) is 26.3 Å². The summed E-state index contributed by atoms with van der Waals surface area (Å²) in [5.41, 5.74) is -5.44. The maximum Gasteiger partial charge on any atom is 0.441 e. The SMILES string of the molecule is COc1cc(OCCCSC(F)(F)F)nc(Oc2cc(C(F)(F)F)nn2C)c1. The molecule has 0 saturated carbocycles. The Morgan fingerprint density at radius 1 is 1.07 bits per heavy atom. The van der Waals surface area contributed by atoms with Gasteiger partial charge in [-0.15, -0.1) is 0 Å². The number of aryl methyl sites for hydroxylation is 1. The fraction of sp³-hybridized carbons (Fsp3) is 0.467. The van der Waals surface area contributed by atoms with E-state index in [0.29, 0.717) is 6.07 Å². The Hall–Kier alpha value is -2.31. The molecular weight excluding hydrogens is 416 g/mol. The molecule has 0 aliphatic rings. The van der Waals surface area contributed by atoms with Gasteiger partial charge >= 0.3 is 11.7 Å². The summed E-state index contributed by atoms with van der Waals surface area (Å²) in [5, 5.41) is 3.32. The van der Waals surface area contributed by atoms with Crippen molar-refractivity contribution in [2.45, 2.75) is 18.1 Å². The molecule has 6 nitrogen and oxygen atoms in total. The minimum absolute atomic E-state index is 0.00966. The molecule has 2 heterocycles. The van der Waals surface area contributed by atoms with Crippen LogP contribution >= 0.6 is 11.8 Å². The topological polar surface area (TPSA) is 58.4 Å². The molecule has 0 aliphatic carbocycles. The summed E-state index contributed by atoms with van der Waals surface area (Å²) in [4.78, 5) is 3.96. The highest BCUT2D eigenvalue weighted by Gasteiger charge is 2.35. The van der Waals surface area contributed by atoms with E-state index in [1.807, 2.05) is 0 Å². The first-order valence-corrected chi connectivity index (χ1v) is 8.65. The number of halogens is 6. The van der Waals surface area contributed by atoms with E-state index in [1.54, 1.807) is 0 Å². The Kier molecular flexibility index (Phi) is 6.91. The van der Waals surface area contributed by atoms with Crippen LogP contribution in [-0.4, -0.2) is 39.7 Å². The Labute approximate surface area is 159 Å². The first-order valence-electron chi connectivity index (χ1n) is 7.66. The summed E-state index contributed by atoms with van der Waals surface area (Å²) in [6.07, 6.45) is -4.53. The van der Waals surface area contributed by atoms with E-state index in [1.165, 1.54) is 26.3 Å². The van der Waals surface area contributed by atoms with Gasteiger partial charge in [0, 0.05) is 31.0 Å². The number of alkyl halides is 6. The predicted octanol–water partition coefficient (Wildman–Crippen LogP) is 4.66. The average Bonchev–Trinajstić information content (AvgIpc) is 2.94. The molecule has 0 radical (unpaired) electrons. The van der Waals surface area contributed by atoms with Crippen molar-refractivity contribution in [3.63, 3.8) is 0 Å². The van der Waals surface area contributed by atoms with Crippen molar-refractivity contribution in [1.29, 1.82) is 0 Å². The van der Waals surface area contributed by atoms with Crippen LogP contribution in [0.15, 0.2) is 18.2 Å². The number of rotatable bonds is 8. The molecule has 2 aromatic heterocycles. The van der Waals surface area contributed by atoms with Crippen molar-refractivity contribution < 1.29 is 40.6 Å². The minimum Gasteiger partial charge on any atom is -0.496 e. The molecular formula is C15H15F6N3O3S. The highest BCUT2D eigenvalue weighted by atomic mass is 32.2. The zero-order chi connectivity index (χ0) is 20.9. The largest absolute Gasteiger partial charge is 0.496 e. The van der Waals surface area contributed by atoms with Gasteiger partial charge in [0.25, 0.3) is 0 Å². The van der Waals surface area contributed by atoms with Crippen LogP contribution in [0.2, 0.25) is 0 Å². The second-order valence-electron chi connectivity index (χ2n) is 5.27. The molecule has 0 saturated heterocycles. The molecule has 2 aromatic rings. The van der Waals surface area contributed by atoms with Crippen LogP contribution in [0.3, 0.4) is 0 Å². The summed E-state index contributed by atoms with van der Waals surface area (Å²) in [6.45, 7) is -0.0490. The fourth-order valence-corrected chi connectivity index (χ4v) is 2.41. The van der Waals surface area contributed by atoms with E-state index in [2.05, 4.69) is 10.1 Å². The molecule has 0 aromatic carbocycles. The van der Waals surface area contributed by atoms with Crippen molar-refractivity contribution in [3.05, 3.63) is 23.9 Å². The zero-order valence-electron chi connectivity index (χ0n) is 14.6. The lowest BCUT2D eigenvalue weighted by Crippen LogP contribution is -2.06. The Morgan fingerprint density at radius 2 is 1.75 bits per heavy atom. The lowest BCUT2D eigenvalue weighted by atomic mass is 10.4. The average molecular weight is 431 g/mol. The third-order valence-electron chi connectivity index (χ3n) is 3.13. The van der Waals surface area contributed by atoms with Gasteiger partial charge < -0.3 is 14.2 Å². The maximum atomic E-state index is 12.7. The van der Waals surface area contributed by atoms with Crippen molar-refractivity contribution in [2.24, 2.45) is 7.05 Å². The van der Waals surface area contributed by atoms with Gasteiger partial charge in [-0.3, -0.25) is 0 Å². The maximum absolute atomic E-state index is 12.7. The number of pyridine rings is 1. The number of methoxy groups -OCH3 is 1. The van der Waals surface area contributed by atoms with Crippen molar-refractivity contribution in [1.82, 2.24) is 14.8 Å². The Bertz CT molecular complexity index is 794. The standard InChI is InChI=1S/C15H15F6N3O3S/c1-24-13(8-10(23-24)14(16,17)18)27-12-7-9(25-2)6-11(22-12)26-4-3-5-28-15(19,20)21/h6-8H,3-5H2,1-2H3. The molecule has 0 fully saturated rings. The predicted molar refractivity (Wildman–Crippen MR) is 87.7 cm³/mol. The second kappa shape index (κ2) is 8.80. The highest BCUT2D eigenvalue weighted by molar-refractivity contribution is 8.00. The minimum atomic E-state index is -4.64. The molecule has 0 atom stereocenters. The quantitative estimate of drug-likeness (QED) is 0.448. The molecule has 0 amide bonds. The summed E-state index contributed by atoms with van der Waals surface area (Å²) >= 11 is -0.164. The monoisotopic (exact) mass is 431 g/mol. The van der Waals surface area contributed by atoms with Gasteiger partial charge in [0.1, 0.15) is 5.75 Å². The smallest absolute Gasteiger partial charge is 0.441 e. The van der Waals surface area contributed by atoms with Crippen molar-refractivity contribution in [3.8, 4) is 23.4 Å². The van der Waals surface area contributed by atoms with Crippen molar-refractivity contribution >= 4 is 11.8 Å². The van der Waals surface area contributed by atoms with E-state index < -0.39 is 17.4 Å². The van der Waals surface area contributed by atoms with E-state index in [0.717, 1.165) is 4.68 Å². The molecule has 0 aliphatic heterocycles. The molecule has 0 unspecified atom stereocenters. The molecule has 13 heteroatoms. The van der Waals surface area contributed by atoms with Crippen LogP contribution in [0.5, 0.6) is 23.4 Å². The number of ether oxygens (including phenoxy) is 3. The number of nitrogens with zero attached hydrogens (tertiary/aromatic N) is 3. The normalized spacial score (nSPS) is 12.1. The summed E-state index contributed by atoms with van der Waals surface area (Å²) in [7, 11) is 2.61. The second-order valence-corrected chi connectivity index (χ2v) is 6.43. The third kappa shape index (κ3) is 6.69. The summed E-state index contributed by atoms with van der Waals surface area (Å²) in [6, 6.07) is 3.39. The van der Waals surface area contributed by atoms with Gasteiger partial charge in [-0.1, -0.05) is 11.8 Å². The molecule has 156 valence electrons. The molecule has 28 heavy (non-hydrogen) atoms. The first kappa shape index (κ1) is 22.0. The number of hydrogen-bond donors (Lipinski definition) is 0. The van der Waals surface area contributed by atoms with Crippen LogP contribution in [0.25, 0.3) is 0 Å². The fourth-order valence-electron chi connectivity index (χ4n) is 1.92. The number of thioether (sulfide) groups is 1. The van der Waals surface area contributed by atoms with Crippen molar-refractivity contribution in [2.75, 3.05) is 19.5 Å². The van der Waals surface area contributed by atoms with Crippen LogP contribution < -0.4 is 14.2 Å². The molecule has 0 bridgehead atoms. The molecule has 0 spiro atoms. The van der Waals surface area contributed by atoms with Crippen LogP contribution in [0.4, 0.5) is 26.3 Å². The van der Waals surface area contributed by atoms with Crippen LogP contribution in [0.1, 0.15) is 12.1 Å². The first-order chi connectivity index (χ1) is 13.0. The summed E-state index contributed by atoms with van der Waals surface area (Å²) in [5.74, 6) is -0.310. The Morgan fingerprint density at radius 3 is 2.32 bits per heavy atom. The van der Waals surface area contributed by atoms with E-state index >= 15 is 0 Å². The third-order valence-corrected chi connectivity index (χ3v) is 3.95. The lowest BCUT2D eigenvalue weighted by Gasteiger charge is -2.10. The van der Waals surface area contributed by atoms with E-state index in [4.69, 9.17) is 14.2 Å². The molecule has 0 N–H and O–H groups in total. The summed E-state index contributed by atoms with van der Waals surface area (Å²) < 4.78 is 90.9. The number of hydrogen-bond acceptors (Lipinski definition) is 6. The molecule has 2 rings (SSSR count). The lowest BCUT2D eigenvalue weighted by molar-refractivity contribution is -0.141. The van der Waals surface area contributed by atoms with Crippen LogP contribution in [0, 0.1) is 0 Å². The van der Waals surface area contributed by atoms with E-state index in [-0.39, 0.29) is 53.9 Å². The van der Waals surface area contributed by atoms with Gasteiger partial charge in [-0.2, -0.15) is 36.4 Å². The van der Waals surface area contributed by atoms with Gasteiger partial charge in [0.2, 0.25) is 17.6 Å². The van der Waals surface area contributed by atoms with Gasteiger partial charge in [-0.05, 0) is 6.42 Å². The van der Waals surface area contributed by atoms with Crippen LogP contribution in [-0.2, 0) is 13.2 Å².